The van der Waals surface area contributed by atoms with Crippen molar-refractivity contribution in [2.24, 2.45) is 11.8 Å². The van der Waals surface area contributed by atoms with Crippen molar-refractivity contribution in [2.45, 2.75) is 76.7 Å². The molecule has 0 radical (unpaired) electrons. The second-order valence-electron chi connectivity index (χ2n) is 10.4. The number of rotatable bonds is 8. The molecule has 34 heavy (non-hydrogen) atoms. The Morgan fingerprint density at radius 1 is 0.971 bits per heavy atom. The Morgan fingerprint density at radius 2 is 1.65 bits per heavy atom. The number of unbranched alkanes of at least 4 members (excludes halogenated alkanes) is 2. The number of hydrogen-bond acceptors (Lipinski definition) is 5. The molecular formula is C26H39N3O5. The van der Waals surface area contributed by atoms with Crippen molar-refractivity contribution in [2.75, 3.05) is 32.8 Å². The summed E-state index contributed by atoms with van der Waals surface area (Å²) in [7, 11) is 0. The second-order valence-corrected chi connectivity index (χ2v) is 10.4. The van der Waals surface area contributed by atoms with E-state index in [4.69, 9.17) is 4.74 Å². The standard InChI is InChI=1S/C26H39N3O5/c1-5-7-8-14-28-16-10-12-26-20(23(32)29(18(3)17-30)21(26)24(28)33)19-22(31)27(13-6-2)15-9-11-25(19,4)34-26/h9-12,18-21,30H,5-8,13-17H2,1-4H3/t18-,19-,20+,21?,25+,26+/m1/s1. The van der Waals surface area contributed by atoms with Crippen LogP contribution in [0.3, 0.4) is 0 Å². The molecule has 1 N–H and O–H groups in total. The molecule has 4 heterocycles. The number of likely N-dealkylation sites (tertiary alicyclic amines) is 1. The van der Waals surface area contributed by atoms with E-state index < -0.39 is 35.1 Å². The highest BCUT2D eigenvalue weighted by molar-refractivity contribution is 6.00. The summed E-state index contributed by atoms with van der Waals surface area (Å²) in [6, 6.07) is -1.47. The zero-order valence-corrected chi connectivity index (χ0v) is 20.9. The molecule has 2 fully saturated rings. The lowest BCUT2D eigenvalue weighted by atomic mass is 9.74. The molecule has 0 aliphatic carbocycles. The van der Waals surface area contributed by atoms with Gasteiger partial charge in [0, 0.05) is 26.2 Å². The smallest absolute Gasteiger partial charge is 0.249 e. The fourth-order valence-electron chi connectivity index (χ4n) is 6.35. The summed E-state index contributed by atoms with van der Waals surface area (Å²) in [5.74, 6) is -2.10. The van der Waals surface area contributed by atoms with Gasteiger partial charge in [-0.1, -0.05) is 51.0 Å². The number of ether oxygens (including phenoxy) is 1. The molecule has 3 amide bonds. The molecule has 4 aliphatic heterocycles. The van der Waals surface area contributed by atoms with E-state index in [1.807, 2.05) is 38.2 Å². The van der Waals surface area contributed by atoms with Crippen molar-refractivity contribution in [1.29, 1.82) is 0 Å². The topological polar surface area (TPSA) is 90.4 Å². The molecule has 188 valence electrons. The third kappa shape index (κ3) is 3.70. The van der Waals surface area contributed by atoms with E-state index in [1.165, 1.54) is 4.90 Å². The molecule has 1 spiro atoms. The number of carbonyl (C=O) groups excluding carboxylic acids is 3. The third-order valence-corrected chi connectivity index (χ3v) is 7.93. The van der Waals surface area contributed by atoms with Gasteiger partial charge in [-0.15, -0.1) is 0 Å². The largest absolute Gasteiger partial charge is 0.394 e. The van der Waals surface area contributed by atoms with Crippen LogP contribution in [0.15, 0.2) is 24.3 Å². The fraction of sp³-hybridized carbons (Fsp3) is 0.731. The lowest BCUT2D eigenvalue weighted by Crippen LogP contribution is -2.58. The maximum Gasteiger partial charge on any atom is 0.249 e. The molecule has 0 aromatic heterocycles. The van der Waals surface area contributed by atoms with E-state index in [9.17, 15) is 19.5 Å². The van der Waals surface area contributed by atoms with E-state index in [0.29, 0.717) is 26.2 Å². The highest BCUT2D eigenvalue weighted by Gasteiger charge is 2.75. The second kappa shape index (κ2) is 9.46. The first-order valence-corrected chi connectivity index (χ1v) is 12.8. The first-order valence-electron chi connectivity index (χ1n) is 12.8. The fourth-order valence-corrected chi connectivity index (χ4v) is 6.35. The van der Waals surface area contributed by atoms with Gasteiger partial charge >= 0.3 is 0 Å². The van der Waals surface area contributed by atoms with Crippen molar-refractivity contribution < 1.29 is 24.2 Å². The number of aliphatic hydroxyl groups excluding tert-OH is 1. The van der Waals surface area contributed by atoms with Crippen LogP contribution in [0, 0.1) is 11.8 Å². The number of carbonyl (C=O) groups is 3. The Bertz CT molecular complexity index is 888. The van der Waals surface area contributed by atoms with Crippen molar-refractivity contribution in [3.8, 4) is 0 Å². The minimum atomic E-state index is -1.24. The lowest BCUT2D eigenvalue weighted by molar-refractivity contribution is -0.155. The van der Waals surface area contributed by atoms with Gasteiger partial charge in [0.2, 0.25) is 17.7 Å². The molecule has 4 aliphatic rings. The van der Waals surface area contributed by atoms with Gasteiger partial charge in [-0.25, -0.2) is 0 Å². The monoisotopic (exact) mass is 473 g/mol. The molecule has 8 nitrogen and oxygen atoms in total. The molecule has 6 atom stereocenters. The summed E-state index contributed by atoms with van der Waals surface area (Å²) in [5.41, 5.74) is -2.24. The molecule has 0 bridgehead atoms. The van der Waals surface area contributed by atoms with Gasteiger partial charge in [-0.2, -0.15) is 0 Å². The highest BCUT2D eigenvalue weighted by atomic mass is 16.5. The van der Waals surface area contributed by atoms with Crippen LogP contribution in [0.4, 0.5) is 0 Å². The molecule has 8 heteroatoms. The number of nitrogens with zero attached hydrogens (tertiary/aromatic N) is 3. The Kier molecular flexibility index (Phi) is 6.93. The number of aliphatic hydroxyl groups is 1. The number of amides is 3. The Labute approximate surface area is 202 Å². The predicted octanol–water partition coefficient (Wildman–Crippen LogP) is 1.74. The summed E-state index contributed by atoms with van der Waals surface area (Å²) in [6.45, 7) is 9.61. The van der Waals surface area contributed by atoms with Crippen LogP contribution in [0.25, 0.3) is 0 Å². The zero-order valence-electron chi connectivity index (χ0n) is 20.9. The van der Waals surface area contributed by atoms with Gasteiger partial charge in [0.05, 0.1) is 30.1 Å². The Balaban J connectivity index is 1.81. The van der Waals surface area contributed by atoms with Gasteiger partial charge in [0.1, 0.15) is 11.6 Å². The zero-order chi connectivity index (χ0) is 24.7. The van der Waals surface area contributed by atoms with Crippen molar-refractivity contribution >= 4 is 17.7 Å². The normalized spacial score (nSPS) is 35.9. The van der Waals surface area contributed by atoms with Crippen LogP contribution < -0.4 is 0 Å². The first kappa shape index (κ1) is 24.9. The lowest BCUT2D eigenvalue weighted by Gasteiger charge is -2.39. The minimum absolute atomic E-state index is 0.105. The summed E-state index contributed by atoms with van der Waals surface area (Å²) < 4.78 is 6.75. The van der Waals surface area contributed by atoms with Crippen molar-refractivity contribution in [3.05, 3.63) is 24.3 Å². The SMILES string of the molecule is CCCCCN1CC=C[C@]23O[C@@]4(C)C=CCN(CCC)C(=O)[C@H]4[C@H]2C(=O)N([C@H](C)CO)C3C1=O. The molecule has 2 saturated heterocycles. The van der Waals surface area contributed by atoms with E-state index in [0.717, 1.165) is 25.7 Å². The van der Waals surface area contributed by atoms with E-state index >= 15 is 0 Å². The third-order valence-electron chi connectivity index (χ3n) is 7.93. The van der Waals surface area contributed by atoms with Crippen LogP contribution in [0.1, 0.15) is 53.4 Å². The quantitative estimate of drug-likeness (QED) is 0.428. The van der Waals surface area contributed by atoms with Crippen molar-refractivity contribution in [1.82, 2.24) is 14.7 Å². The van der Waals surface area contributed by atoms with Crippen LogP contribution in [0.2, 0.25) is 0 Å². The molecular weight excluding hydrogens is 434 g/mol. The highest BCUT2D eigenvalue weighted by Crippen LogP contribution is 2.57. The van der Waals surface area contributed by atoms with Crippen molar-refractivity contribution in [3.63, 3.8) is 0 Å². The molecule has 4 rings (SSSR count). The molecule has 0 aromatic rings. The van der Waals surface area contributed by atoms with Crippen LogP contribution in [0.5, 0.6) is 0 Å². The van der Waals surface area contributed by atoms with Gasteiger partial charge in [-0.05, 0) is 26.7 Å². The summed E-state index contributed by atoms with van der Waals surface area (Å²) in [6.07, 6.45) is 11.4. The van der Waals surface area contributed by atoms with Gasteiger partial charge < -0.3 is 24.5 Å². The summed E-state index contributed by atoms with van der Waals surface area (Å²) >= 11 is 0. The number of fused-ring (bicyclic) bond motifs is 2. The maximum atomic E-state index is 14.0. The maximum absolute atomic E-state index is 14.0. The van der Waals surface area contributed by atoms with Crippen LogP contribution in [-0.4, -0.2) is 93.6 Å². The Morgan fingerprint density at radius 3 is 2.29 bits per heavy atom. The van der Waals surface area contributed by atoms with Gasteiger partial charge in [0.25, 0.3) is 0 Å². The summed E-state index contributed by atoms with van der Waals surface area (Å²) in [5, 5.41) is 9.99. The molecule has 0 aromatic carbocycles. The number of hydrogen-bond donors (Lipinski definition) is 1. The average molecular weight is 474 g/mol. The average Bonchev–Trinajstić information content (AvgIpc) is 3.09. The van der Waals surface area contributed by atoms with Crippen LogP contribution in [-0.2, 0) is 19.1 Å². The van der Waals surface area contributed by atoms with E-state index in [2.05, 4.69) is 6.92 Å². The Hall–Kier alpha value is -2.19. The van der Waals surface area contributed by atoms with Gasteiger partial charge in [-0.3, -0.25) is 14.4 Å². The first-order chi connectivity index (χ1) is 16.3. The molecule has 0 saturated carbocycles. The van der Waals surface area contributed by atoms with E-state index in [-0.39, 0.29) is 24.3 Å². The van der Waals surface area contributed by atoms with Gasteiger partial charge in [0.15, 0.2) is 0 Å². The van der Waals surface area contributed by atoms with Crippen LogP contribution >= 0.6 is 0 Å². The summed E-state index contributed by atoms with van der Waals surface area (Å²) in [4.78, 5) is 46.9. The van der Waals surface area contributed by atoms with E-state index in [1.54, 1.807) is 16.7 Å². The minimum Gasteiger partial charge on any atom is -0.394 e. The predicted molar refractivity (Wildman–Crippen MR) is 128 cm³/mol. The molecule has 1 unspecified atom stereocenters.